The fraction of sp³-hybridized carbons (Fsp3) is 0.269. The number of carbonyl (C=O) groups excluding carboxylic acids is 2. The molecular formula is C26H25ClF3N3O3. The first-order chi connectivity index (χ1) is 16.9. The molecule has 1 aliphatic heterocycles. The molecule has 10 heteroatoms. The summed E-state index contributed by atoms with van der Waals surface area (Å²) in [6, 6.07) is 5.86. The van der Waals surface area contributed by atoms with E-state index in [0.717, 1.165) is 17.4 Å². The molecule has 0 bridgehead atoms. The number of carbonyl (C=O) groups is 2. The lowest BCUT2D eigenvalue weighted by atomic mass is 10.0. The Balaban J connectivity index is 1.55. The lowest BCUT2D eigenvalue weighted by molar-refractivity contribution is -0.113. The number of anilines is 1. The Labute approximate surface area is 212 Å². The van der Waals surface area contributed by atoms with Crippen molar-refractivity contribution in [1.82, 2.24) is 5.32 Å². The minimum Gasteiger partial charge on any atom is -0.486 e. The van der Waals surface area contributed by atoms with Gasteiger partial charge in [0.1, 0.15) is 11.9 Å². The van der Waals surface area contributed by atoms with Gasteiger partial charge in [-0.15, -0.1) is 11.6 Å². The highest BCUT2D eigenvalue weighted by Crippen LogP contribution is 2.35. The summed E-state index contributed by atoms with van der Waals surface area (Å²) in [4.78, 5) is 28.0. The van der Waals surface area contributed by atoms with Crippen LogP contribution in [0.2, 0.25) is 0 Å². The second-order valence-electron chi connectivity index (χ2n) is 8.25. The van der Waals surface area contributed by atoms with Gasteiger partial charge in [-0.2, -0.15) is 13.2 Å². The Morgan fingerprint density at radius 2 is 1.89 bits per heavy atom. The van der Waals surface area contributed by atoms with Crippen LogP contribution >= 0.6 is 11.6 Å². The molecule has 0 saturated carbocycles. The molecule has 1 aromatic rings. The standard InChI is InChI=1S/C26H25ClF3N3O3/c1-15(17(3)34)12-16(2)24-14-21(10-11-31-24)36-20-7-4-18(5-8-20)32-25(35)33-19-6-9-23(27)22(13-19)26(28,29)30/h4-8,10-13,21,23H,1,9,14H2,2-3H3,(H2,32,33,35)/b16-12+. The summed E-state index contributed by atoms with van der Waals surface area (Å²) in [7, 11) is 0. The quantitative estimate of drug-likeness (QED) is 0.249. The zero-order valence-corrected chi connectivity index (χ0v) is 20.4. The number of ether oxygens (including phenoxy) is 1. The third-order valence-electron chi connectivity index (χ3n) is 5.40. The summed E-state index contributed by atoms with van der Waals surface area (Å²) in [5, 5.41) is 3.78. The molecule has 1 heterocycles. The molecule has 0 saturated heterocycles. The number of amides is 2. The van der Waals surface area contributed by atoms with E-state index >= 15 is 0 Å². The smallest absolute Gasteiger partial charge is 0.414 e. The number of aliphatic imine (C=N–C) groups is 1. The third-order valence-corrected chi connectivity index (χ3v) is 5.82. The largest absolute Gasteiger partial charge is 0.486 e. The third kappa shape index (κ3) is 7.45. The van der Waals surface area contributed by atoms with Crippen molar-refractivity contribution in [3.63, 3.8) is 0 Å². The molecule has 0 fully saturated rings. The number of nitrogens with one attached hydrogen (secondary N) is 2. The molecule has 2 unspecified atom stereocenters. The number of Topliss-reactive ketones (excluding diaryl/α,β-unsaturated/α-hetero) is 1. The number of hydrogen-bond donors (Lipinski definition) is 2. The minimum absolute atomic E-state index is 0.0226. The molecule has 2 atom stereocenters. The van der Waals surface area contributed by atoms with E-state index in [0.29, 0.717) is 23.4 Å². The van der Waals surface area contributed by atoms with Gasteiger partial charge in [0.15, 0.2) is 5.78 Å². The predicted molar refractivity (Wildman–Crippen MR) is 134 cm³/mol. The number of benzene rings is 1. The number of ketones is 1. The first kappa shape index (κ1) is 27.0. The van der Waals surface area contributed by atoms with Gasteiger partial charge >= 0.3 is 12.2 Å². The van der Waals surface area contributed by atoms with E-state index in [4.69, 9.17) is 16.3 Å². The Morgan fingerprint density at radius 3 is 2.53 bits per heavy atom. The van der Waals surface area contributed by atoms with Crippen molar-refractivity contribution in [2.45, 2.75) is 44.3 Å². The second kappa shape index (κ2) is 11.4. The van der Waals surface area contributed by atoms with Crippen molar-refractivity contribution in [2.75, 3.05) is 5.32 Å². The molecule has 3 rings (SSSR count). The van der Waals surface area contributed by atoms with Gasteiger partial charge in [-0.25, -0.2) is 4.79 Å². The van der Waals surface area contributed by atoms with Crippen LogP contribution in [0.15, 0.2) is 88.8 Å². The van der Waals surface area contributed by atoms with Crippen LogP contribution in [0.1, 0.15) is 26.7 Å². The van der Waals surface area contributed by atoms with Crippen molar-refractivity contribution < 1.29 is 27.5 Å². The molecule has 36 heavy (non-hydrogen) atoms. The van der Waals surface area contributed by atoms with Crippen LogP contribution in [-0.4, -0.2) is 35.2 Å². The Hall–Kier alpha value is -3.59. The van der Waals surface area contributed by atoms with Gasteiger partial charge in [-0.05, 0) is 68.3 Å². The monoisotopic (exact) mass is 519 g/mol. The van der Waals surface area contributed by atoms with E-state index in [-0.39, 0.29) is 24.0 Å². The Morgan fingerprint density at radius 1 is 1.19 bits per heavy atom. The highest BCUT2D eigenvalue weighted by Gasteiger charge is 2.39. The van der Waals surface area contributed by atoms with Crippen LogP contribution in [0, 0.1) is 0 Å². The average Bonchev–Trinajstić information content (AvgIpc) is 2.81. The van der Waals surface area contributed by atoms with Crippen molar-refractivity contribution in [2.24, 2.45) is 4.99 Å². The maximum atomic E-state index is 13.0. The molecule has 0 aromatic heterocycles. The minimum atomic E-state index is -4.57. The van der Waals surface area contributed by atoms with Gasteiger partial charge < -0.3 is 15.4 Å². The van der Waals surface area contributed by atoms with Crippen molar-refractivity contribution >= 4 is 34.8 Å². The topological polar surface area (TPSA) is 79.8 Å². The van der Waals surface area contributed by atoms with Crippen LogP contribution in [0.5, 0.6) is 5.75 Å². The van der Waals surface area contributed by atoms with Crippen LogP contribution in [0.25, 0.3) is 0 Å². The van der Waals surface area contributed by atoms with Gasteiger partial charge in [0, 0.05) is 35.3 Å². The summed E-state index contributed by atoms with van der Waals surface area (Å²) in [5.41, 5.74) is 1.55. The molecule has 2 aliphatic rings. The fourth-order valence-electron chi connectivity index (χ4n) is 3.44. The number of alkyl halides is 4. The second-order valence-corrected chi connectivity index (χ2v) is 8.78. The first-order valence-corrected chi connectivity index (χ1v) is 11.5. The van der Waals surface area contributed by atoms with Crippen LogP contribution in [0.4, 0.5) is 23.7 Å². The molecule has 1 aromatic carbocycles. The number of allylic oxidation sites excluding steroid dienone is 6. The van der Waals surface area contributed by atoms with Crippen molar-refractivity contribution in [3.05, 3.63) is 83.8 Å². The molecule has 0 spiro atoms. The van der Waals surface area contributed by atoms with Crippen LogP contribution < -0.4 is 15.4 Å². The van der Waals surface area contributed by atoms with E-state index in [9.17, 15) is 22.8 Å². The molecule has 2 amide bonds. The van der Waals surface area contributed by atoms with Gasteiger partial charge in [0.05, 0.1) is 11.0 Å². The number of urea groups is 1. The zero-order valence-electron chi connectivity index (χ0n) is 19.7. The number of halogens is 4. The molecule has 6 nitrogen and oxygen atoms in total. The highest BCUT2D eigenvalue weighted by molar-refractivity contribution is 6.22. The lowest BCUT2D eigenvalue weighted by Crippen LogP contribution is -2.31. The van der Waals surface area contributed by atoms with Crippen molar-refractivity contribution in [3.8, 4) is 5.75 Å². The molecule has 1 aliphatic carbocycles. The lowest BCUT2D eigenvalue weighted by Gasteiger charge is -2.21. The zero-order chi connectivity index (χ0) is 26.5. The SMILES string of the molecule is C=C(/C=C(\C)C1=NC=CC(Oc2ccc(NC(=O)NC3=CCC(Cl)C(C(F)(F)F)=C3)cc2)C1)C(C)=O. The van der Waals surface area contributed by atoms with Gasteiger partial charge in [-0.3, -0.25) is 9.79 Å². The first-order valence-electron chi connectivity index (χ1n) is 11.0. The maximum absolute atomic E-state index is 13.0. The Bertz CT molecular complexity index is 1200. The van der Waals surface area contributed by atoms with E-state index < -0.39 is 23.2 Å². The fourth-order valence-corrected chi connectivity index (χ4v) is 3.71. The molecular weight excluding hydrogens is 495 g/mol. The van der Waals surface area contributed by atoms with Crippen molar-refractivity contribution in [1.29, 1.82) is 0 Å². The highest BCUT2D eigenvalue weighted by atomic mass is 35.5. The van der Waals surface area contributed by atoms with Crippen LogP contribution in [0.3, 0.4) is 0 Å². The Kier molecular flexibility index (Phi) is 8.57. The summed E-state index contributed by atoms with van der Waals surface area (Å²) >= 11 is 5.74. The van der Waals surface area contributed by atoms with E-state index in [1.165, 1.54) is 13.0 Å². The predicted octanol–water partition coefficient (Wildman–Crippen LogP) is 6.39. The number of hydrogen-bond acceptors (Lipinski definition) is 4. The molecule has 2 N–H and O–H groups in total. The van der Waals surface area contributed by atoms with E-state index in [1.54, 1.807) is 36.5 Å². The van der Waals surface area contributed by atoms with E-state index in [1.807, 2.05) is 13.0 Å². The van der Waals surface area contributed by atoms with Gasteiger partial charge in [-0.1, -0.05) is 12.7 Å². The van der Waals surface area contributed by atoms with Gasteiger partial charge in [0.25, 0.3) is 0 Å². The number of rotatable bonds is 7. The van der Waals surface area contributed by atoms with Gasteiger partial charge in [0.2, 0.25) is 0 Å². The molecule has 190 valence electrons. The summed E-state index contributed by atoms with van der Waals surface area (Å²) < 4.78 is 45.1. The normalized spacial score (nSPS) is 20.1. The average molecular weight is 520 g/mol. The summed E-state index contributed by atoms with van der Waals surface area (Å²) in [6.07, 6.45) is 3.01. The van der Waals surface area contributed by atoms with Crippen LogP contribution in [-0.2, 0) is 4.79 Å². The number of nitrogens with zero attached hydrogens (tertiary/aromatic N) is 1. The summed E-state index contributed by atoms with van der Waals surface area (Å²) in [6.45, 7) is 7.04. The molecule has 0 radical (unpaired) electrons. The maximum Gasteiger partial charge on any atom is 0.414 e. The summed E-state index contributed by atoms with van der Waals surface area (Å²) in [5.74, 6) is 0.436. The van der Waals surface area contributed by atoms with E-state index in [2.05, 4.69) is 22.2 Å².